The lowest BCUT2D eigenvalue weighted by atomic mass is 9.80. The molecule has 27 heavy (non-hydrogen) atoms. The van der Waals surface area contributed by atoms with Crippen molar-refractivity contribution >= 4 is 16.8 Å². The molecule has 2 atom stereocenters. The summed E-state index contributed by atoms with van der Waals surface area (Å²) in [6, 6.07) is 8.98. The Balaban J connectivity index is 1.80. The van der Waals surface area contributed by atoms with Gasteiger partial charge in [-0.2, -0.15) is 13.2 Å². The van der Waals surface area contributed by atoms with Crippen LogP contribution >= 0.6 is 0 Å². The van der Waals surface area contributed by atoms with Crippen molar-refractivity contribution in [2.45, 2.75) is 50.7 Å². The monoisotopic (exact) mass is 376 g/mol. The number of fused-ring (bicyclic) bond motifs is 1. The maximum atomic E-state index is 13.2. The van der Waals surface area contributed by atoms with Gasteiger partial charge in [-0.3, -0.25) is 9.78 Å². The summed E-state index contributed by atoms with van der Waals surface area (Å²) in [5, 5.41) is 3.43. The van der Waals surface area contributed by atoms with Crippen LogP contribution in [0.3, 0.4) is 0 Å². The fourth-order valence-electron chi connectivity index (χ4n) is 3.83. The molecule has 3 rings (SSSR count). The Bertz CT molecular complexity index is 847. The zero-order valence-corrected chi connectivity index (χ0v) is 15.2. The van der Waals surface area contributed by atoms with Gasteiger partial charge in [0.1, 0.15) is 0 Å². The van der Waals surface area contributed by atoms with Gasteiger partial charge in [0, 0.05) is 17.1 Å². The number of benzene rings is 1. The molecule has 1 amide bonds. The van der Waals surface area contributed by atoms with Gasteiger partial charge >= 0.3 is 6.18 Å². The van der Waals surface area contributed by atoms with Gasteiger partial charge in [-0.25, -0.2) is 0 Å². The number of alkyl halides is 3. The van der Waals surface area contributed by atoms with Gasteiger partial charge in [0.05, 0.1) is 17.5 Å². The van der Waals surface area contributed by atoms with Crippen LogP contribution in [0.2, 0.25) is 0 Å². The minimum atomic E-state index is -4.35. The number of allylic oxidation sites excluding steroid dienone is 2. The standard InChI is InChI=1S/C21H23F3N2O/c1-20(14-21(22,23)24,12-15-7-3-2-4-8-15)26-19(27)17-11-16-9-5-6-10-18(16)25-13-17/h2-3,5-6,9-11,13,15H,4,7-8,12,14H2,1H3,(H,26,27). The summed E-state index contributed by atoms with van der Waals surface area (Å²) in [6.45, 7) is 1.49. The van der Waals surface area contributed by atoms with Gasteiger partial charge in [0.2, 0.25) is 0 Å². The van der Waals surface area contributed by atoms with Crippen LogP contribution in [0.4, 0.5) is 13.2 Å². The van der Waals surface area contributed by atoms with E-state index in [9.17, 15) is 18.0 Å². The second-order valence-corrected chi connectivity index (χ2v) is 7.58. The Morgan fingerprint density at radius 1 is 1.26 bits per heavy atom. The molecule has 0 saturated heterocycles. The maximum absolute atomic E-state index is 13.2. The summed E-state index contributed by atoms with van der Waals surface area (Å²) < 4.78 is 39.6. The first-order valence-electron chi connectivity index (χ1n) is 9.13. The largest absolute Gasteiger partial charge is 0.391 e. The van der Waals surface area contributed by atoms with Crippen molar-refractivity contribution in [1.82, 2.24) is 10.3 Å². The molecule has 6 heteroatoms. The third kappa shape index (κ3) is 5.31. The van der Waals surface area contributed by atoms with Gasteiger partial charge < -0.3 is 5.32 Å². The molecule has 144 valence electrons. The third-order valence-electron chi connectivity index (χ3n) is 4.98. The number of nitrogens with zero attached hydrogens (tertiary/aromatic N) is 1. The highest BCUT2D eigenvalue weighted by Crippen LogP contribution is 2.35. The molecule has 1 aliphatic rings. The first-order chi connectivity index (χ1) is 12.7. The molecular weight excluding hydrogens is 353 g/mol. The van der Waals surface area contributed by atoms with E-state index in [1.807, 2.05) is 30.3 Å². The van der Waals surface area contributed by atoms with E-state index in [0.29, 0.717) is 6.42 Å². The topological polar surface area (TPSA) is 42.0 Å². The van der Waals surface area contributed by atoms with E-state index in [4.69, 9.17) is 0 Å². The average molecular weight is 376 g/mol. The SMILES string of the molecule is CC(CC1CC=CCC1)(CC(F)(F)F)NC(=O)c1cnc2ccccc2c1. The minimum Gasteiger partial charge on any atom is -0.346 e. The highest BCUT2D eigenvalue weighted by atomic mass is 19.4. The molecule has 1 aromatic carbocycles. The van der Waals surface area contributed by atoms with Crippen molar-refractivity contribution in [3.05, 3.63) is 54.2 Å². The number of rotatable bonds is 5. The smallest absolute Gasteiger partial charge is 0.346 e. The van der Waals surface area contributed by atoms with E-state index < -0.39 is 24.0 Å². The lowest BCUT2D eigenvalue weighted by Crippen LogP contribution is -2.50. The number of halogens is 3. The molecule has 0 fully saturated rings. The predicted octanol–water partition coefficient (Wildman–Crippen LogP) is 5.42. The van der Waals surface area contributed by atoms with Crippen LogP contribution in [-0.2, 0) is 0 Å². The number of aromatic nitrogens is 1. The number of pyridine rings is 1. The maximum Gasteiger partial charge on any atom is 0.391 e. The van der Waals surface area contributed by atoms with E-state index >= 15 is 0 Å². The molecular formula is C21H23F3N2O. The van der Waals surface area contributed by atoms with Gasteiger partial charge in [0.25, 0.3) is 5.91 Å². The summed E-state index contributed by atoms with van der Waals surface area (Å²) >= 11 is 0. The first kappa shape index (κ1) is 19.4. The fraction of sp³-hybridized carbons (Fsp3) is 0.429. The van der Waals surface area contributed by atoms with E-state index in [1.165, 1.54) is 13.1 Å². The number of hydrogen-bond acceptors (Lipinski definition) is 2. The molecule has 0 radical (unpaired) electrons. The molecule has 0 bridgehead atoms. The molecule has 3 nitrogen and oxygen atoms in total. The number of hydrogen-bond donors (Lipinski definition) is 1. The highest BCUT2D eigenvalue weighted by molar-refractivity contribution is 5.97. The minimum absolute atomic E-state index is 0.136. The average Bonchev–Trinajstić information content (AvgIpc) is 2.60. The molecule has 2 unspecified atom stereocenters. The van der Waals surface area contributed by atoms with Crippen molar-refractivity contribution in [2.75, 3.05) is 0 Å². The summed E-state index contributed by atoms with van der Waals surface area (Å²) in [5.41, 5.74) is -0.344. The van der Waals surface area contributed by atoms with Crippen LogP contribution in [0.25, 0.3) is 10.9 Å². The number of nitrogens with one attached hydrogen (secondary N) is 1. The van der Waals surface area contributed by atoms with E-state index in [1.54, 1.807) is 6.07 Å². The zero-order valence-electron chi connectivity index (χ0n) is 15.2. The van der Waals surface area contributed by atoms with Crippen molar-refractivity contribution < 1.29 is 18.0 Å². The molecule has 1 heterocycles. The van der Waals surface area contributed by atoms with Crippen LogP contribution in [0.15, 0.2) is 48.7 Å². The van der Waals surface area contributed by atoms with Crippen LogP contribution in [-0.4, -0.2) is 22.6 Å². The molecule has 0 spiro atoms. The molecule has 0 saturated carbocycles. The molecule has 1 aromatic heterocycles. The van der Waals surface area contributed by atoms with Gasteiger partial charge in [0.15, 0.2) is 0 Å². The molecule has 0 aliphatic heterocycles. The Morgan fingerprint density at radius 3 is 2.74 bits per heavy atom. The van der Waals surface area contributed by atoms with E-state index in [-0.39, 0.29) is 11.5 Å². The second kappa shape index (κ2) is 7.71. The molecule has 2 aromatic rings. The Hall–Kier alpha value is -2.37. The fourth-order valence-corrected chi connectivity index (χ4v) is 3.83. The Kier molecular flexibility index (Phi) is 5.53. The third-order valence-corrected chi connectivity index (χ3v) is 4.98. The number of carbonyl (C=O) groups is 1. The Labute approximate surface area is 156 Å². The number of para-hydroxylation sites is 1. The summed E-state index contributed by atoms with van der Waals surface area (Å²) in [6.07, 6.45) is 2.83. The van der Waals surface area contributed by atoms with E-state index in [2.05, 4.69) is 16.4 Å². The van der Waals surface area contributed by atoms with Crippen molar-refractivity contribution in [3.63, 3.8) is 0 Å². The van der Waals surface area contributed by atoms with Gasteiger partial charge in [-0.1, -0.05) is 30.4 Å². The summed E-state index contributed by atoms with van der Waals surface area (Å²) in [4.78, 5) is 16.9. The van der Waals surface area contributed by atoms with Crippen molar-refractivity contribution in [2.24, 2.45) is 5.92 Å². The number of carbonyl (C=O) groups excluding carboxylic acids is 1. The summed E-state index contributed by atoms with van der Waals surface area (Å²) in [7, 11) is 0. The van der Waals surface area contributed by atoms with E-state index in [0.717, 1.165) is 30.2 Å². The molecule has 1 N–H and O–H groups in total. The zero-order chi connectivity index (χ0) is 19.5. The van der Waals surface area contributed by atoms with Crippen LogP contribution in [0, 0.1) is 5.92 Å². The predicted molar refractivity (Wildman–Crippen MR) is 99.4 cm³/mol. The quantitative estimate of drug-likeness (QED) is 0.708. The van der Waals surface area contributed by atoms with Crippen LogP contribution in [0.1, 0.15) is 49.4 Å². The van der Waals surface area contributed by atoms with Crippen molar-refractivity contribution in [1.29, 1.82) is 0 Å². The van der Waals surface area contributed by atoms with Crippen LogP contribution < -0.4 is 5.32 Å². The number of amides is 1. The van der Waals surface area contributed by atoms with Gasteiger partial charge in [-0.05, 0) is 50.7 Å². The lowest BCUT2D eigenvalue weighted by molar-refractivity contribution is -0.149. The summed E-state index contributed by atoms with van der Waals surface area (Å²) in [5.74, 6) is -0.385. The van der Waals surface area contributed by atoms with Gasteiger partial charge in [-0.15, -0.1) is 0 Å². The van der Waals surface area contributed by atoms with Crippen LogP contribution in [0.5, 0.6) is 0 Å². The first-order valence-corrected chi connectivity index (χ1v) is 9.13. The molecule has 1 aliphatic carbocycles. The highest BCUT2D eigenvalue weighted by Gasteiger charge is 2.41. The van der Waals surface area contributed by atoms with Crippen molar-refractivity contribution in [3.8, 4) is 0 Å². The lowest BCUT2D eigenvalue weighted by Gasteiger charge is -2.35. The second-order valence-electron chi connectivity index (χ2n) is 7.58. The normalized spacial score (nSPS) is 19.6. The Morgan fingerprint density at radius 2 is 2.04 bits per heavy atom.